The summed E-state index contributed by atoms with van der Waals surface area (Å²) in [5.74, 6) is -1.87. The average molecular weight is 267 g/mol. The largest absolute Gasteiger partial charge is 0.204 e. The molecule has 0 aromatic heterocycles. The lowest BCUT2D eigenvalue weighted by molar-refractivity contribution is 0.335. The number of hydrogen-bond donors (Lipinski definition) is 0. The van der Waals surface area contributed by atoms with E-state index in [9.17, 15) is 8.78 Å². The fourth-order valence-electron chi connectivity index (χ4n) is 1.33. The van der Waals surface area contributed by atoms with Crippen molar-refractivity contribution in [1.82, 2.24) is 0 Å². The first-order valence-electron chi connectivity index (χ1n) is 5.08. The topological polar surface area (TPSA) is 0 Å². The predicted molar refractivity (Wildman–Crippen MR) is 64.0 cm³/mol. The molecule has 1 rings (SSSR count). The molecule has 0 radical (unpaired) electrons. The quantitative estimate of drug-likeness (QED) is 0.512. The van der Waals surface area contributed by atoms with Crippen molar-refractivity contribution in [3.05, 3.63) is 34.4 Å². The molecule has 0 fully saturated rings. The lowest BCUT2D eigenvalue weighted by atomic mass is 9.83. The second-order valence-corrected chi connectivity index (χ2v) is 5.34. The van der Waals surface area contributed by atoms with E-state index >= 15 is 0 Å². The molecule has 0 aliphatic heterocycles. The van der Waals surface area contributed by atoms with Crippen molar-refractivity contribution >= 4 is 23.2 Å². The fraction of sp³-hybridized carbons (Fsp3) is 0.500. The van der Waals surface area contributed by atoms with E-state index in [0.29, 0.717) is 5.56 Å². The van der Waals surface area contributed by atoms with E-state index in [1.165, 1.54) is 0 Å². The molecule has 0 N–H and O–H groups in total. The van der Waals surface area contributed by atoms with Crippen LogP contribution in [0, 0.1) is 17.0 Å². The summed E-state index contributed by atoms with van der Waals surface area (Å²) in [6.45, 7) is 5.91. The molecule has 1 atom stereocenters. The second-order valence-electron chi connectivity index (χ2n) is 4.49. The first-order chi connectivity index (χ1) is 7.29. The van der Waals surface area contributed by atoms with Crippen LogP contribution in [0.25, 0.3) is 0 Å². The standard InChI is InChI=1S/C12H14Cl2F2/c1-4-12(2,3)11(14)7-5-9(15)10(16)6-8(7)13/h5-6,11H,4H2,1-3H3. The van der Waals surface area contributed by atoms with Gasteiger partial charge in [-0.3, -0.25) is 0 Å². The van der Waals surface area contributed by atoms with Gasteiger partial charge in [0.05, 0.1) is 5.38 Å². The lowest BCUT2D eigenvalue weighted by Gasteiger charge is -2.29. The first-order valence-corrected chi connectivity index (χ1v) is 5.89. The zero-order valence-corrected chi connectivity index (χ0v) is 11.0. The smallest absolute Gasteiger partial charge is 0.160 e. The van der Waals surface area contributed by atoms with Gasteiger partial charge in [-0.25, -0.2) is 8.78 Å². The minimum Gasteiger partial charge on any atom is -0.204 e. The Morgan fingerprint density at radius 3 is 2.25 bits per heavy atom. The highest BCUT2D eigenvalue weighted by atomic mass is 35.5. The van der Waals surface area contributed by atoms with Crippen molar-refractivity contribution in [2.24, 2.45) is 5.41 Å². The Kier molecular flexibility index (Phi) is 4.19. The van der Waals surface area contributed by atoms with Gasteiger partial charge in [-0.05, 0) is 29.5 Å². The van der Waals surface area contributed by atoms with E-state index in [1.807, 2.05) is 20.8 Å². The van der Waals surface area contributed by atoms with Gasteiger partial charge in [-0.1, -0.05) is 32.4 Å². The van der Waals surface area contributed by atoms with E-state index in [2.05, 4.69) is 0 Å². The van der Waals surface area contributed by atoms with Gasteiger partial charge in [0.15, 0.2) is 11.6 Å². The molecule has 1 aromatic carbocycles. The van der Waals surface area contributed by atoms with Gasteiger partial charge in [-0.2, -0.15) is 0 Å². The first kappa shape index (κ1) is 13.7. The Bertz CT molecular complexity index is 389. The minimum atomic E-state index is -0.952. The molecule has 0 spiro atoms. The number of halogens is 4. The van der Waals surface area contributed by atoms with E-state index in [-0.39, 0.29) is 10.4 Å². The molecule has 0 aliphatic rings. The Morgan fingerprint density at radius 2 is 1.75 bits per heavy atom. The highest BCUT2D eigenvalue weighted by Crippen LogP contribution is 2.44. The molecule has 1 aromatic rings. The molecule has 0 saturated carbocycles. The molecule has 0 heterocycles. The van der Waals surface area contributed by atoms with E-state index < -0.39 is 17.0 Å². The Balaban J connectivity index is 3.19. The molecule has 90 valence electrons. The number of alkyl halides is 1. The van der Waals surface area contributed by atoms with Crippen LogP contribution in [0.5, 0.6) is 0 Å². The zero-order valence-electron chi connectivity index (χ0n) is 9.45. The summed E-state index contributed by atoms with van der Waals surface area (Å²) in [6, 6.07) is 2.04. The van der Waals surface area contributed by atoms with Crippen LogP contribution in [0.2, 0.25) is 5.02 Å². The highest BCUT2D eigenvalue weighted by Gasteiger charge is 2.29. The number of rotatable bonds is 3. The predicted octanol–water partition coefficient (Wildman–Crippen LogP) is 5.33. The van der Waals surface area contributed by atoms with Crippen LogP contribution in [0.3, 0.4) is 0 Å². The molecular weight excluding hydrogens is 253 g/mol. The highest BCUT2D eigenvalue weighted by molar-refractivity contribution is 6.32. The van der Waals surface area contributed by atoms with Crippen molar-refractivity contribution in [2.45, 2.75) is 32.6 Å². The third-order valence-electron chi connectivity index (χ3n) is 2.91. The Morgan fingerprint density at radius 1 is 1.25 bits per heavy atom. The third kappa shape index (κ3) is 2.67. The van der Waals surface area contributed by atoms with E-state index in [4.69, 9.17) is 23.2 Å². The molecule has 16 heavy (non-hydrogen) atoms. The number of hydrogen-bond acceptors (Lipinski definition) is 0. The summed E-state index contributed by atoms with van der Waals surface area (Å²) in [7, 11) is 0. The van der Waals surface area contributed by atoms with Gasteiger partial charge in [0.25, 0.3) is 0 Å². The summed E-state index contributed by atoms with van der Waals surface area (Å²) in [6.07, 6.45) is 0.816. The van der Waals surface area contributed by atoms with Gasteiger partial charge in [0, 0.05) is 5.02 Å². The van der Waals surface area contributed by atoms with Gasteiger partial charge in [-0.15, -0.1) is 11.6 Å². The van der Waals surface area contributed by atoms with Crippen LogP contribution < -0.4 is 0 Å². The summed E-state index contributed by atoms with van der Waals surface area (Å²) < 4.78 is 26.0. The minimum absolute atomic E-state index is 0.167. The summed E-state index contributed by atoms with van der Waals surface area (Å²) in [4.78, 5) is 0. The van der Waals surface area contributed by atoms with Crippen LogP contribution >= 0.6 is 23.2 Å². The maximum absolute atomic E-state index is 13.1. The van der Waals surface area contributed by atoms with Crippen molar-refractivity contribution in [3.63, 3.8) is 0 Å². The number of benzene rings is 1. The monoisotopic (exact) mass is 266 g/mol. The third-order valence-corrected chi connectivity index (χ3v) is 4.06. The lowest BCUT2D eigenvalue weighted by Crippen LogP contribution is -2.17. The molecule has 0 amide bonds. The molecule has 0 saturated heterocycles. The zero-order chi connectivity index (χ0) is 12.5. The van der Waals surface area contributed by atoms with Crippen LogP contribution in [-0.2, 0) is 0 Å². The van der Waals surface area contributed by atoms with E-state index in [0.717, 1.165) is 18.6 Å². The molecule has 1 unspecified atom stereocenters. The van der Waals surface area contributed by atoms with Crippen LogP contribution in [0.1, 0.15) is 38.1 Å². The van der Waals surface area contributed by atoms with E-state index in [1.54, 1.807) is 0 Å². The van der Waals surface area contributed by atoms with Gasteiger partial charge >= 0.3 is 0 Å². The van der Waals surface area contributed by atoms with Crippen molar-refractivity contribution in [1.29, 1.82) is 0 Å². The van der Waals surface area contributed by atoms with Crippen molar-refractivity contribution in [2.75, 3.05) is 0 Å². The average Bonchev–Trinajstić information content (AvgIpc) is 2.22. The second kappa shape index (κ2) is 4.89. The van der Waals surface area contributed by atoms with Crippen molar-refractivity contribution in [3.8, 4) is 0 Å². The van der Waals surface area contributed by atoms with Gasteiger partial charge in [0.2, 0.25) is 0 Å². The SMILES string of the molecule is CCC(C)(C)C(Cl)c1cc(F)c(F)cc1Cl. The molecule has 4 heteroatoms. The van der Waals surface area contributed by atoms with Gasteiger partial charge in [0.1, 0.15) is 0 Å². The summed E-state index contributed by atoms with van der Waals surface area (Å²) >= 11 is 12.1. The maximum Gasteiger partial charge on any atom is 0.160 e. The molecule has 0 bridgehead atoms. The Hall–Kier alpha value is -0.340. The molecule has 0 nitrogen and oxygen atoms in total. The van der Waals surface area contributed by atoms with Crippen molar-refractivity contribution < 1.29 is 8.78 Å². The summed E-state index contributed by atoms with van der Waals surface area (Å²) in [5, 5.41) is -0.277. The fourth-order valence-corrected chi connectivity index (χ4v) is 1.98. The summed E-state index contributed by atoms with van der Waals surface area (Å²) in [5.41, 5.74) is 0.212. The normalized spacial score (nSPS) is 13.9. The maximum atomic E-state index is 13.1. The van der Waals surface area contributed by atoms with Crippen LogP contribution in [-0.4, -0.2) is 0 Å². The Labute approximate surface area is 105 Å². The van der Waals surface area contributed by atoms with Crippen LogP contribution in [0.4, 0.5) is 8.78 Å². The van der Waals surface area contributed by atoms with Crippen LogP contribution in [0.15, 0.2) is 12.1 Å². The molecule has 0 aliphatic carbocycles. The molecular formula is C12H14Cl2F2. The van der Waals surface area contributed by atoms with Gasteiger partial charge < -0.3 is 0 Å².